The van der Waals surface area contributed by atoms with Gasteiger partial charge in [-0.25, -0.2) is 0 Å². The highest BCUT2D eigenvalue weighted by Gasteiger charge is 2.28. The van der Waals surface area contributed by atoms with Crippen molar-refractivity contribution in [1.29, 1.82) is 0 Å². The molecule has 6 heteroatoms. The summed E-state index contributed by atoms with van der Waals surface area (Å²) in [6, 6.07) is 7.00. The van der Waals surface area contributed by atoms with Crippen LogP contribution in [0, 0.1) is 0 Å². The minimum atomic E-state index is -4.24. The first-order valence-electron chi connectivity index (χ1n) is 5.96. The summed E-state index contributed by atoms with van der Waals surface area (Å²) in [7, 11) is 0. The normalized spacial score (nSPS) is 12.2. The summed E-state index contributed by atoms with van der Waals surface area (Å²) < 4.78 is 38.8. The predicted molar refractivity (Wildman–Crippen MR) is 66.8 cm³/mol. The molecule has 0 aliphatic heterocycles. The van der Waals surface area contributed by atoms with E-state index in [-0.39, 0.29) is 6.61 Å². The first kappa shape index (κ1) is 13.9. The fraction of sp³-hybridized carbons (Fsp3) is 0.385. The highest BCUT2D eigenvalue weighted by atomic mass is 19.4. The van der Waals surface area contributed by atoms with Gasteiger partial charge in [0.05, 0.1) is 6.61 Å². The van der Waals surface area contributed by atoms with Crippen LogP contribution in [0.25, 0.3) is 10.9 Å². The molecule has 0 saturated heterocycles. The van der Waals surface area contributed by atoms with Crippen molar-refractivity contribution in [1.82, 2.24) is 9.88 Å². The van der Waals surface area contributed by atoms with Crippen LogP contribution in [0.5, 0.6) is 0 Å². The summed E-state index contributed by atoms with van der Waals surface area (Å²) in [5, 5.41) is 12.5. The number of nitrogens with one attached hydrogen (secondary N) is 1. The molecule has 3 nitrogen and oxygen atoms in total. The lowest BCUT2D eigenvalue weighted by atomic mass is 10.2. The number of aliphatic hydroxyl groups excluding tert-OH is 1. The number of nitrogens with zero attached hydrogens (tertiary/aromatic N) is 1. The van der Waals surface area contributed by atoms with Crippen LogP contribution < -0.4 is 5.32 Å². The summed E-state index contributed by atoms with van der Waals surface area (Å²) in [6.45, 7) is -0.139. The van der Waals surface area contributed by atoms with E-state index in [4.69, 9.17) is 5.11 Å². The third-order valence-electron chi connectivity index (χ3n) is 2.82. The van der Waals surface area contributed by atoms with Crippen LogP contribution in [0.3, 0.4) is 0 Å². The monoisotopic (exact) mass is 272 g/mol. The van der Waals surface area contributed by atoms with Gasteiger partial charge in [0.2, 0.25) is 0 Å². The lowest BCUT2D eigenvalue weighted by Gasteiger charge is -2.08. The standard InChI is InChI=1S/C13H15F3N2O/c14-13(15,16)9-18-8-10(7-17-5-6-19)11-3-1-2-4-12(11)18/h1-4,8,17,19H,5-7,9H2. The maximum absolute atomic E-state index is 12.5. The van der Waals surface area contributed by atoms with Gasteiger partial charge >= 0.3 is 6.18 Å². The van der Waals surface area contributed by atoms with Gasteiger partial charge in [0.1, 0.15) is 6.54 Å². The Morgan fingerprint density at radius 2 is 1.95 bits per heavy atom. The van der Waals surface area contributed by atoms with Crippen LogP contribution in [0.15, 0.2) is 30.5 Å². The molecule has 0 radical (unpaired) electrons. The molecule has 2 N–H and O–H groups in total. The van der Waals surface area contributed by atoms with Gasteiger partial charge in [0.15, 0.2) is 0 Å². The zero-order valence-corrected chi connectivity index (χ0v) is 10.2. The van der Waals surface area contributed by atoms with Gasteiger partial charge in [-0.15, -0.1) is 0 Å². The number of halogens is 3. The summed E-state index contributed by atoms with van der Waals surface area (Å²) >= 11 is 0. The zero-order valence-electron chi connectivity index (χ0n) is 10.2. The lowest BCUT2D eigenvalue weighted by molar-refractivity contribution is -0.139. The second-order valence-electron chi connectivity index (χ2n) is 4.31. The summed E-state index contributed by atoms with van der Waals surface area (Å²) in [4.78, 5) is 0. The van der Waals surface area contributed by atoms with E-state index in [1.165, 1.54) is 10.8 Å². The Morgan fingerprint density at radius 1 is 1.21 bits per heavy atom. The molecule has 0 unspecified atom stereocenters. The van der Waals surface area contributed by atoms with Crippen molar-refractivity contribution < 1.29 is 18.3 Å². The second kappa shape index (κ2) is 5.63. The minimum absolute atomic E-state index is 0.00118. The smallest absolute Gasteiger partial charge is 0.395 e. The van der Waals surface area contributed by atoms with Crippen molar-refractivity contribution >= 4 is 10.9 Å². The van der Waals surface area contributed by atoms with E-state index in [0.29, 0.717) is 18.6 Å². The molecule has 0 aliphatic rings. The van der Waals surface area contributed by atoms with Crippen LogP contribution in [0.4, 0.5) is 13.2 Å². The van der Waals surface area contributed by atoms with Crippen molar-refractivity contribution in [2.45, 2.75) is 19.3 Å². The number of alkyl halides is 3. The fourth-order valence-corrected chi connectivity index (χ4v) is 2.09. The molecule has 0 fully saturated rings. The van der Waals surface area contributed by atoms with Gasteiger partial charge in [0.25, 0.3) is 0 Å². The van der Waals surface area contributed by atoms with Crippen molar-refractivity contribution in [3.63, 3.8) is 0 Å². The van der Waals surface area contributed by atoms with Crippen LogP contribution in [-0.2, 0) is 13.1 Å². The van der Waals surface area contributed by atoms with Gasteiger partial charge in [-0.3, -0.25) is 0 Å². The van der Waals surface area contributed by atoms with Gasteiger partial charge in [-0.2, -0.15) is 13.2 Å². The Hall–Kier alpha value is -1.53. The molecule has 2 rings (SSSR count). The molecule has 2 aromatic rings. The molecule has 1 aromatic carbocycles. The van der Waals surface area contributed by atoms with E-state index in [9.17, 15) is 13.2 Å². The Kier molecular flexibility index (Phi) is 4.11. The van der Waals surface area contributed by atoms with Crippen molar-refractivity contribution in [3.8, 4) is 0 Å². The summed E-state index contributed by atoms with van der Waals surface area (Å²) in [5.41, 5.74) is 1.37. The third kappa shape index (κ3) is 3.48. The van der Waals surface area contributed by atoms with Gasteiger partial charge < -0.3 is 15.0 Å². The van der Waals surface area contributed by atoms with Crippen molar-refractivity contribution in [2.75, 3.05) is 13.2 Å². The molecule has 0 saturated carbocycles. The molecule has 0 aliphatic carbocycles. The quantitative estimate of drug-likeness (QED) is 0.819. The molecule has 0 bridgehead atoms. The van der Waals surface area contributed by atoms with Gasteiger partial charge in [0, 0.05) is 30.2 Å². The van der Waals surface area contributed by atoms with E-state index in [1.54, 1.807) is 24.3 Å². The lowest BCUT2D eigenvalue weighted by Crippen LogP contribution is -2.18. The highest BCUT2D eigenvalue weighted by Crippen LogP contribution is 2.25. The van der Waals surface area contributed by atoms with Crippen LogP contribution >= 0.6 is 0 Å². The second-order valence-corrected chi connectivity index (χ2v) is 4.31. The Labute approximate surface area is 108 Å². The maximum atomic E-state index is 12.5. The number of fused-ring (bicyclic) bond motifs is 1. The largest absolute Gasteiger partial charge is 0.406 e. The average Bonchev–Trinajstić information content (AvgIpc) is 2.67. The van der Waals surface area contributed by atoms with E-state index in [2.05, 4.69) is 5.32 Å². The number of benzene rings is 1. The molecule has 0 atom stereocenters. The molecule has 0 amide bonds. The van der Waals surface area contributed by atoms with Gasteiger partial charge in [-0.05, 0) is 11.6 Å². The molecular formula is C13H15F3N2O. The number of aromatic nitrogens is 1. The van der Waals surface area contributed by atoms with E-state index >= 15 is 0 Å². The molecular weight excluding hydrogens is 257 g/mol. The number of hydrogen-bond acceptors (Lipinski definition) is 2. The predicted octanol–water partition coefficient (Wildman–Crippen LogP) is 2.29. The summed E-state index contributed by atoms with van der Waals surface area (Å²) in [5.74, 6) is 0. The molecule has 1 aromatic heterocycles. The minimum Gasteiger partial charge on any atom is -0.395 e. The first-order chi connectivity index (χ1) is 9.01. The third-order valence-corrected chi connectivity index (χ3v) is 2.82. The number of aliphatic hydroxyl groups is 1. The SMILES string of the molecule is OCCNCc1cn(CC(F)(F)F)c2ccccc12. The average molecular weight is 272 g/mol. The van der Waals surface area contributed by atoms with E-state index in [1.807, 2.05) is 0 Å². The number of para-hydroxylation sites is 1. The maximum Gasteiger partial charge on any atom is 0.406 e. The first-order valence-corrected chi connectivity index (χ1v) is 5.96. The Balaban J connectivity index is 2.31. The fourth-order valence-electron chi connectivity index (χ4n) is 2.09. The van der Waals surface area contributed by atoms with Crippen molar-refractivity contribution in [3.05, 3.63) is 36.0 Å². The molecule has 1 heterocycles. The molecule has 0 spiro atoms. The Bertz CT molecular complexity index is 548. The van der Waals surface area contributed by atoms with Crippen LogP contribution in [0.1, 0.15) is 5.56 Å². The Morgan fingerprint density at radius 3 is 2.63 bits per heavy atom. The number of rotatable bonds is 5. The van der Waals surface area contributed by atoms with Crippen molar-refractivity contribution in [2.24, 2.45) is 0 Å². The topological polar surface area (TPSA) is 37.2 Å². The zero-order chi connectivity index (χ0) is 13.9. The molecule has 19 heavy (non-hydrogen) atoms. The summed E-state index contributed by atoms with van der Waals surface area (Å²) in [6.07, 6.45) is -2.72. The van der Waals surface area contributed by atoms with Crippen LogP contribution in [-0.4, -0.2) is 29.0 Å². The number of hydrogen-bond donors (Lipinski definition) is 2. The van der Waals surface area contributed by atoms with Crippen LogP contribution in [0.2, 0.25) is 0 Å². The van der Waals surface area contributed by atoms with Gasteiger partial charge in [-0.1, -0.05) is 18.2 Å². The van der Waals surface area contributed by atoms with E-state index < -0.39 is 12.7 Å². The highest BCUT2D eigenvalue weighted by molar-refractivity contribution is 5.83. The van der Waals surface area contributed by atoms with E-state index in [0.717, 1.165) is 10.9 Å². The molecule has 104 valence electrons.